The predicted molar refractivity (Wildman–Crippen MR) is 48.9 cm³/mol. The molecule has 0 bridgehead atoms. The minimum Gasteiger partial charge on any atom is -1.00 e. The summed E-state index contributed by atoms with van der Waals surface area (Å²) in [5.74, 6) is 0. The monoisotopic (exact) mass is 297 g/mol. The van der Waals surface area contributed by atoms with Gasteiger partial charge in [-0.3, -0.25) is 0 Å². The Morgan fingerprint density at radius 1 is 0.846 bits per heavy atom. The molecule has 0 aromatic rings. The number of hydrogen-bond donors (Lipinski definition) is 1. The average molecular weight is 298 g/mol. The Morgan fingerprint density at radius 2 is 0.846 bits per heavy atom. The largest absolute Gasteiger partial charge is 3.00 e. The molecule has 0 spiro atoms. The maximum Gasteiger partial charge on any atom is 3.00 e. The van der Waals surface area contributed by atoms with Gasteiger partial charge in [0.05, 0.1) is 0 Å². The summed E-state index contributed by atoms with van der Waals surface area (Å²) in [6.45, 7) is 11.0. The molecule has 0 saturated heterocycles. The number of hydrogen-bond acceptors (Lipinski definition) is 2. The molecule has 0 saturated carbocycles. The molecule has 0 atom stereocenters. The van der Waals surface area contributed by atoms with Crippen molar-refractivity contribution >= 4 is 16.6 Å². The zero-order valence-electron chi connectivity index (χ0n) is 9.11. The molecule has 0 rings (SSSR count). The van der Waals surface area contributed by atoms with Gasteiger partial charge >= 0.3 is 21.7 Å². The van der Waals surface area contributed by atoms with Crippen LogP contribution in [-0.4, -0.2) is 21.4 Å². The molecule has 2 nitrogen and oxygen atoms in total. The van der Waals surface area contributed by atoms with Gasteiger partial charge in [0.15, 0.2) is 8.32 Å². The smallest absolute Gasteiger partial charge is 1.00 e. The van der Waals surface area contributed by atoms with Crippen LogP contribution in [0.2, 0.25) is 39.3 Å². The molecule has 13 heavy (non-hydrogen) atoms. The van der Waals surface area contributed by atoms with E-state index in [1.807, 2.05) is 19.6 Å². The van der Waals surface area contributed by atoms with Crippen molar-refractivity contribution in [3.05, 3.63) is 0 Å². The SMILES string of the molecule is C[Si](C)(C)O.C[Si](C)(C)[O-].[Cl-].[Cl-].[Ti+3]. The van der Waals surface area contributed by atoms with Gasteiger partial charge in [0, 0.05) is 0 Å². The van der Waals surface area contributed by atoms with Crippen LogP contribution in [0.5, 0.6) is 0 Å². The molecule has 0 fully saturated rings. The van der Waals surface area contributed by atoms with Crippen LogP contribution < -0.4 is 29.6 Å². The van der Waals surface area contributed by atoms with E-state index in [4.69, 9.17) is 4.80 Å². The Morgan fingerprint density at radius 3 is 0.846 bits per heavy atom. The van der Waals surface area contributed by atoms with Crippen molar-refractivity contribution in [2.45, 2.75) is 39.3 Å². The van der Waals surface area contributed by atoms with Gasteiger partial charge in [0.2, 0.25) is 0 Å². The van der Waals surface area contributed by atoms with E-state index in [9.17, 15) is 4.80 Å². The van der Waals surface area contributed by atoms with Gasteiger partial charge in [-0.1, -0.05) is 28.0 Å². The van der Waals surface area contributed by atoms with Crippen molar-refractivity contribution in [2.75, 3.05) is 0 Å². The van der Waals surface area contributed by atoms with E-state index in [0.717, 1.165) is 0 Å². The molecule has 0 aliphatic carbocycles. The fourth-order valence-corrected chi connectivity index (χ4v) is 0. The Balaban J connectivity index is -0.0000000267. The van der Waals surface area contributed by atoms with Gasteiger partial charge in [-0.25, -0.2) is 0 Å². The fraction of sp³-hybridized carbons (Fsp3) is 1.00. The zero-order valence-corrected chi connectivity index (χ0v) is 14.2. The standard InChI is InChI=1S/C3H10OSi.C3H9OSi.2ClH.Ti/c2*1-5(2,3)4;;;/h4H,1-3H3;1-3H3;2*1H;/q;-1;;;+3/p-2. The third-order valence-electron chi connectivity index (χ3n) is 0. The van der Waals surface area contributed by atoms with E-state index in [-0.39, 0.29) is 46.5 Å². The summed E-state index contributed by atoms with van der Waals surface area (Å²) >= 11 is 0. The summed E-state index contributed by atoms with van der Waals surface area (Å²) in [7, 11) is -3.47. The van der Waals surface area contributed by atoms with Crippen molar-refractivity contribution < 1.29 is 56.1 Å². The molecule has 1 N–H and O–H groups in total. The topological polar surface area (TPSA) is 43.3 Å². The van der Waals surface area contributed by atoms with Crippen molar-refractivity contribution in [1.82, 2.24) is 0 Å². The molecule has 0 aromatic heterocycles. The normalized spacial score (nSPS) is 9.23. The second-order valence-corrected chi connectivity index (χ2v) is 12.8. The van der Waals surface area contributed by atoms with E-state index in [1.165, 1.54) is 0 Å². The Hall–Kier alpha value is 1.65. The van der Waals surface area contributed by atoms with Gasteiger partial charge in [-0.05, 0) is 19.6 Å². The van der Waals surface area contributed by atoms with Crippen molar-refractivity contribution in [2.24, 2.45) is 0 Å². The molecule has 1 radical (unpaired) electrons. The molecule has 0 aromatic carbocycles. The second-order valence-electron chi connectivity index (χ2n) is 4.28. The summed E-state index contributed by atoms with van der Waals surface area (Å²) in [6.07, 6.45) is 0. The molecule has 81 valence electrons. The van der Waals surface area contributed by atoms with Crippen LogP contribution in [0.25, 0.3) is 0 Å². The summed E-state index contributed by atoms with van der Waals surface area (Å²) in [5.41, 5.74) is 0. The van der Waals surface area contributed by atoms with Gasteiger partial charge < -0.3 is 34.4 Å². The fourth-order valence-electron chi connectivity index (χ4n) is 0. The number of rotatable bonds is 0. The summed E-state index contributed by atoms with van der Waals surface area (Å²) in [4.78, 5) is 18.9. The molecule has 0 aliphatic rings. The zero-order chi connectivity index (χ0) is 9.00. The Kier molecular flexibility index (Phi) is 26.4. The summed E-state index contributed by atoms with van der Waals surface area (Å²) in [6, 6.07) is 0. The molecule has 0 aliphatic heterocycles. The molecular weight excluding hydrogens is 279 g/mol. The third-order valence-corrected chi connectivity index (χ3v) is 0. The van der Waals surface area contributed by atoms with Gasteiger partial charge in [0.1, 0.15) is 0 Å². The van der Waals surface area contributed by atoms with Crippen molar-refractivity contribution in [1.29, 1.82) is 0 Å². The average Bonchev–Trinajstić information content (AvgIpc) is 1.12. The van der Waals surface area contributed by atoms with Crippen molar-refractivity contribution in [3.8, 4) is 0 Å². The first-order valence-corrected chi connectivity index (χ1v) is 10.3. The van der Waals surface area contributed by atoms with Gasteiger partial charge in [-0.2, -0.15) is 0 Å². The maximum absolute atomic E-state index is 10.2. The predicted octanol–water partition coefficient (Wildman–Crippen LogP) is -5.00. The quantitative estimate of drug-likeness (QED) is 0.455. The van der Waals surface area contributed by atoms with Crippen molar-refractivity contribution in [3.63, 3.8) is 0 Å². The molecular formula is C6H19Cl2O2Si2Ti. The van der Waals surface area contributed by atoms with Crippen LogP contribution in [0, 0.1) is 0 Å². The maximum atomic E-state index is 10.2. The van der Waals surface area contributed by atoms with E-state index >= 15 is 0 Å². The van der Waals surface area contributed by atoms with Crippen LogP contribution in [0.15, 0.2) is 0 Å². The summed E-state index contributed by atoms with van der Waals surface area (Å²) in [5, 5.41) is 0. The molecule has 7 heteroatoms. The third kappa shape index (κ3) is 682. The van der Waals surface area contributed by atoms with Crippen LogP contribution >= 0.6 is 0 Å². The molecule has 0 heterocycles. The van der Waals surface area contributed by atoms with E-state index in [1.54, 1.807) is 19.6 Å². The van der Waals surface area contributed by atoms with Gasteiger partial charge in [-0.15, -0.1) is 0 Å². The first-order chi connectivity index (χ1) is 4.00. The Bertz CT molecular complexity index is 69.6. The van der Waals surface area contributed by atoms with E-state index in [0.29, 0.717) is 0 Å². The van der Waals surface area contributed by atoms with Crippen LogP contribution in [-0.2, 0) is 21.7 Å². The minimum absolute atomic E-state index is 0. The van der Waals surface area contributed by atoms with Crippen LogP contribution in [0.1, 0.15) is 0 Å². The van der Waals surface area contributed by atoms with E-state index < -0.39 is 16.6 Å². The first kappa shape index (κ1) is 29.3. The number of halogens is 2. The van der Waals surface area contributed by atoms with Crippen LogP contribution in [0.3, 0.4) is 0 Å². The van der Waals surface area contributed by atoms with E-state index in [2.05, 4.69) is 0 Å². The summed E-state index contributed by atoms with van der Waals surface area (Å²) < 4.78 is 0. The second kappa shape index (κ2) is 11.7. The van der Waals surface area contributed by atoms with Gasteiger partial charge in [0.25, 0.3) is 0 Å². The molecule has 0 unspecified atom stereocenters. The minimum atomic E-state index is -1.86. The first-order valence-electron chi connectivity index (χ1n) is 3.43. The van der Waals surface area contributed by atoms with Crippen LogP contribution in [0.4, 0.5) is 0 Å². The molecule has 0 amide bonds. The Labute approximate surface area is 111 Å².